The number of rotatable bonds is 4. The molecule has 0 bridgehead atoms. The lowest BCUT2D eigenvalue weighted by Crippen LogP contribution is -2.52. The van der Waals surface area contributed by atoms with Crippen LogP contribution < -0.4 is 17.0 Å². The first-order valence-corrected chi connectivity index (χ1v) is 5.53. The molecule has 0 aliphatic rings. The Hall–Kier alpha value is -2.97. The number of aliphatic carboxylic acids is 1. The molecule has 0 saturated carbocycles. The summed E-state index contributed by atoms with van der Waals surface area (Å²) in [6.45, 7) is -0.569. The van der Waals surface area contributed by atoms with Gasteiger partial charge < -0.3 is 21.4 Å². The summed E-state index contributed by atoms with van der Waals surface area (Å²) in [5, 5.41) is 12.5. The molecule has 9 nitrogen and oxygen atoms in total. The number of amides is 1. The maximum Gasteiger partial charge on any atom is 0.426 e. The first kappa shape index (κ1) is 15.1. The summed E-state index contributed by atoms with van der Waals surface area (Å²) in [5.41, 5.74) is 8.25. The van der Waals surface area contributed by atoms with Crippen LogP contribution in [0.25, 0.3) is 0 Å². The van der Waals surface area contributed by atoms with Crippen molar-refractivity contribution in [2.75, 3.05) is 6.54 Å². The zero-order chi connectivity index (χ0) is 15.0. The number of nitrogens with one attached hydrogen (secondary N) is 1. The van der Waals surface area contributed by atoms with Crippen LogP contribution in [-0.4, -0.2) is 34.7 Å². The number of hydrazone groups is 1. The summed E-state index contributed by atoms with van der Waals surface area (Å²) in [5.74, 6) is 3.35. The molecule has 1 aromatic rings. The van der Waals surface area contributed by atoms with Crippen LogP contribution in [0.5, 0.6) is 0 Å². The number of hydrogen-bond donors (Lipinski definition) is 4. The highest BCUT2D eigenvalue weighted by molar-refractivity contribution is 5.84. The molecule has 9 heteroatoms. The number of guanidine groups is 1. The van der Waals surface area contributed by atoms with Gasteiger partial charge in [0.1, 0.15) is 13.2 Å². The molecule has 1 aromatic carbocycles. The monoisotopic (exact) mass is 281 g/mol. The molecule has 1 rings (SSSR count). The number of nitrogens with two attached hydrogens (primary N) is 2. The van der Waals surface area contributed by atoms with Crippen LogP contribution >= 0.6 is 0 Å². The predicted octanol–water partition coefficient (Wildman–Crippen LogP) is -0.597. The van der Waals surface area contributed by atoms with Gasteiger partial charge in [-0.05, 0) is 5.56 Å². The zero-order valence-corrected chi connectivity index (χ0v) is 10.5. The van der Waals surface area contributed by atoms with Crippen LogP contribution in [0.4, 0.5) is 4.79 Å². The molecule has 0 atom stereocenters. The minimum absolute atomic E-state index is 0.0350. The number of ether oxygens (including phenoxy) is 1. The van der Waals surface area contributed by atoms with Gasteiger partial charge >= 0.3 is 12.1 Å². The Morgan fingerprint density at radius 1 is 1.35 bits per heavy atom. The Balaban J connectivity index is 2.51. The Labute approximate surface area is 114 Å². The highest BCUT2D eigenvalue weighted by atomic mass is 16.6. The molecule has 0 aliphatic heterocycles. The van der Waals surface area contributed by atoms with Gasteiger partial charge in [0.2, 0.25) is 5.96 Å². The molecule has 0 radical (unpaired) electrons. The Morgan fingerprint density at radius 2 is 2.00 bits per heavy atom. The Kier molecular flexibility index (Phi) is 5.63. The van der Waals surface area contributed by atoms with E-state index in [4.69, 9.17) is 21.4 Å². The average Bonchev–Trinajstić information content (AvgIpc) is 2.44. The average molecular weight is 281 g/mol. The number of carbonyl (C=O) groups is 2. The number of carbonyl (C=O) groups excluding carboxylic acids is 1. The zero-order valence-electron chi connectivity index (χ0n) is 10.5. The second kappa shape index (κ2) is 7.46. The van der Waals surface area contributed by atoms with Gasteiger partial charge in [-0.15, -0.1) is 5.10 Å². The Bertz CT molecular complexity index is 491. The van der Waals surface area contributed by atoms with E-state index in [0.29, 0.717) is 0 Å². The van der Waals surface area contributed by atoms with Crippen molar-refractivity contribution in [2.45, 2.75) is 6.61 Å². The molecule has 1 amide bonds. The molecule has 0 heterocycles. The fourth-order valence-corrected chi connectivity index (χ4v) is 1.25. The summed E-state index contributed by atoms with van der Waals surface area (Å²) >= 11 is 0. The van der Waals surface area contributed by atoms with Crippen LogP contribution in [0.1, 0.15) is 5.56 Å². The molecular formula is C11H15N5O4. The van der Waals surface area contributed by atoms with Gasteiger partial charge in [0.15, 0.2) is 0 Å². The van der Waals surface area contributed by atoms with Crippen molar-refractivity contribution in [2.24, 2.45) is 16.7 Å². The number of hydrazine groups is 1. The van der Waals surface area contributed by atoms with E-state index in [1.54, 1.807) is 24.3 Å². The smallest absolute Gasteiger partial charge is 0.426 e. The third kappa shape index (κ3) is 5.12. The first-order chi connectivity index (χ1) is 9.52. The van der Waals surface area contributed by atoms with Gasteiger partial charge in [0, 0.05) is 0 Å². The normalized spacial score (nSPS) is 10.7. The second-order valence-corrected chi connectivity index (χ2v) is 3.64. The second-order valence-electron chi connectivity index (χ2n) is 3.64. The number of benzene rings is 1. The maximum absolute atomic E-state index is 11.5. The van der Waals surface area contributed by atoms with Crippen molar-refractivity contribution >= 4 is 18.0 Å². The molecular weight excluding hydrogens is 266 g/mol. The van der Waals surface area contributed by atoms with Crippen molar-refractivity contribution in [3.63, 3.8) is 0 Å². The summed E-state index contributed by atoms with van der Waals surface area (Å²) in [4.78, 5) is 22.1. The van der Waals surface area contributed by atoms with Crippen molar-refractivity contribution in [3.8, 4) is 0 Å². The SMILES string of the molecule is N/N=C(\N)N(CC(=O)O)NC(=O)OCc1ccccc1. The lowest BCUT2D eigenvalue weighted by atomic mass is 10.2. The molecule has 0 unspecified atom stereocenters. The van der Waals surface area contributed by atoms with E-state index in [-0.39, 0.29) is 12.6 Å². The van der Waals surface area contributed by atoms with Gasteiger partial charge in [-0.25, -0.2) is 15.2 Å². The maximum atomic E-state index is 11.5. The standard InChI is InChI=1S/C11H15N5O4/c12-10(14-13)16(6-9(17)18)15-11(19)20-7-8-4-2-1-3-5-8/h1-5H,6-7,13H2,(H2,12,14)(H,15,19)(H,17,18). The number of hydrogen-bond acceptors (Lipinski definition) is 5. The fourth-order valence-electron chi connectivity index (χ4n) is 1.25. The molecule has 0 spiro atoms. The molecule has 6 N–H and O–H groups in total. The van der Waals surface area contributed by atoms with E-state index in [9.17, 15) is 9.59 Å². The van der Waals surface area contributed by atoms with Crippen LogP contribution in [-0.2, 0) is 16.1 Å². The van der Waals surface area contributed by atoms with Crippen molar-refractivity contribution in [3.05, 3.63) is 35.9 Å². The Morgan fingerprint density at radius 3 is 2.55 bits per heavy atom. The minimum atomic E-state index is -1.22. The van der Waals surface area contributed by atoms with Crippen molar-refractivity contribution in [1.29, 1.82) is 0 Å². The molecule has 0 saturated heterocycles. The van der Waals surface area contributed by atoms with Gasteiger partial charge in [-0.1, -0.05) is 30.3 Å². The predicted molar refractivity (Wildman–Crippen MR) is 69.9 cm³/mol. The van der Waals surface area contributed by atoms with E-state index in [0.717, 1.165) is 10.6 Å². The van der Waals surface area contributed by atoms with Gasteiger partial charge in [0.05, 0.1) is 0 Å². The van der Waals surface area contributed by atoms with Crippen LogP contribution in [0.15, 0.2) is 35.4 Å². The van der Waals surface area contributed by atoms with Crippen LogP contribution in [0.2, 0.25) is 0 Å². The summed E-state index contributed by atoms with van der Waals surface area (Å²) in [6, 6.07) is 8.98. The van der Waals surface area contributed by atoms with Crippen LogP contribution in [0.3, 0.4) is 0 Å². The van der Waals surface area contributed by atoms with E-state index in [1.165, 1.54) is 0 Å². The molecule has 0 aliphatic carbocycles. The van der Waals surface area contributed by atoms with E-state index >= 15 is 0 Å². The third-order valence-corrected chi connectivity index (χ3v) is 2.14. The van der Waals surface area contributed by atoms with Crippen molar-refractivity contribution in [1.82, 2.24) is 10.4 Å². The van der Waals surface area contributed by atoms with E-state index < -0.39 is 18.6 Å². The van der Waals surface area contributed by atoms with Gasteiger partial charge in [-0.2, -0.15) is 0 Å². The molecule has 108 valence electrons. The summed E-state index contributed by atoms with van der Waals surface area (Å²) < 4.78 is 4.90. The quantitative estimate of drug-likeness (QED) is 0.250. The highest BCUT2D eigenvalue weighted by Crippen LogP contribution is 2.00. The largest absolute Gasteiger partial charge is 0.480 e. The highest BCUT2D eigenvalue weighted by Gasteiger charge is 2.16. The van der Waals surface area contributed by atoms with Crippen LogP contribution in [0, 0.1) is 0 Å². The van der Waals surface area contributed by atoms with Gasteiger partial charge in [-0.3, -0.25) is 4.79 Å². The number of nitrogens with zero attached hydrogens (tertiary/aromatic N) is 2. The first-order valence-electron chi connectivity index (χ1n) is 5.53. The minimum Gasteiger partial charge on any atom is -0.480 e. The topological polar surface area (TPSA) is 143 Å². The van der Waals surface area contributed by atoms with Gasteiger partial charge in [0.25, 0.3) is 0 Å². The third-order valence-electron chi connectivity index (χ3n) is 2.14. The molecule has 20 heavy (non-hydrogen) atoms. The fraction of sp³-hybridized carbons (Fsp3) is 0.182. The van der Waals surface area contributed by atoms with E-state index in [1.807, 2.05) is 6.07 Å². The van der Waals surface area contributed by atoms with E-state index in [2.05, 4.69) is 10.5 Å². The van der Waals surface area contributed by atoms with Crippen molar-refractivity contribution < 1.29 is 19.4 Å². The molecule has 0 aromatic heterocycles. The summed E-state index contributed by atoms with van der Waals surface area (Å²) in [6.07, 6.45) is -0.873. The lowest BCUT2D eigenvalue weighted by Gasteiger charge is -2.21. The summed E-state index contributed by atoms with van der Waals surface area (Å²) in [7, 11) is 0. The lowest BCUT2D eigenvalue weighted by molar-refractivity contribution is -0.137. The number of carboxylic acids is 1. The molecule has 0 fully saturated rings. The number of carboxylic acid groups (broad SMARTS) is 1.